The lowest BCUT2D eigenvalue weighted by atomic mass is 9.73. The molecule has 2 fully saturated rings. The Kier molecular flexibility index (Phi) is 5.82. The first-order valence-electron chi connectivity index (χ1n) is 9.96. The van der Waals surface area contributed by atoms with Crippen molar-refractivity contribution in [2.75, 3.05) is 6.54 Å². The molecular weight excluding hydrogens is 342 g/mol. The Morgan fingerprint density at radius 2 is 2.04 bits per heavy atom. The molecule has 0 bridgehead atoms. The Labute approximate surface area is 160 Å². The van der Waals surface area contributed by atoms with Gasteiger partial charge in [-0.3, -0.25) is 14.5 Å². The first kappa shape index (κ1) is 19.4. The van der Waals surface area contributed by atoms with Crippen molar-refractivity contribution in [3.05, 3.63) is 35.9 Å². The number of carbonyl (C=O) groups is 3. The Balaban J connectivity index is 1.68. The molecule has 0 radical (unpaired) electrons. The van der Waals surface area contributed by atoms with Crippen molar-refractivity contribution < 1.29 is 14.4 Å². The molecule has 1 aliphatic carbocycles. The standard InChI is InChI=1S/C21H29N3O3/c1-3-9-17(16-11-5-4-6-12-16)22-18(25)14-24-19(26)21(23-20(24)27)13-8-7-10-15(21)2/h4-6,11-12,15,17H,3,7-10,13-14H2,1-2H3,(H,22,25)(H,23,27)/t15-,17+,21+/m0/s1. The highest BCUT2D eigenvalue weighted by molar-refractivity contribution is 6.09. The summed E-state index contributed by atoms with van der Waals surface area (Å²) in [6.07, 6.45) is 5.28. The topological polar surface area (TPSA) is 78.5 Å². The van der Waals surface area contributed by atoms with Crippen molar-refractivity contribution in [3.8, 4) is 0 Å². The number of hydrogen-bond donors (Lipinski definition) is 2. The third-order valence-electron chi connectivity index (χ3n) is 5.92. The van der Waals surface area contributed by atoms with Crippen LogP contribution in [0.2, 0.25) is 0 Å². The van der Waals surface area contributed by atoms with Crippen LogP contribution in [-0.2, 0) is 9.59 Å². The fourth-order valence-electron chi connectivity index (χ4n) is 4.32. The lowest BCUT2D eigenvalue weighted by Gasteiger charge is -2.36. The van der Waals surface area contributed by atoms with E-state index in [-0.39, 0.29) is 30.3 Å². The van der Waals surface area contributed by atoms with Crippen molar-refractivity contribution in [2.24, 2.45) is 5.92 Å². The highest BCUT2D eigenvalue weighted by atomic mass is 16.2. The van der Waals surface area contributed by atoms with Crippen molar-refractivity contribution in [3.63, 3.8) is 0 Å². The van der Waals surface area contributed by atoms with E-state index in [1.54, 1.807) is 0 Å². The van der Waals surface area contributed by atoms with Crippen LogP contribution in [0, 0.1) is 5.92 Å². The molecule has 3 rings (SSSR count). The highest BCUT2D eigenvalue weighted by Gasteiger charge is 2.55. The zero-order chi connectivity index (χ0) is 19.4. The SMILES string of the molecule is CCC[C@@H](NC(=O)CN1C(=O)N[C@@]2(CCCC[C@@H]2C)C1=O)c1ccccc1. The molecule has 1 aromatic carbocycles. The zero-order valence-electron chi connectivity index (χ0n) is 16.2. The van der Waals surface area contributed by atoms with Crippen LogP contribution in [0.5, 0.6) is 0 Å². The van der Waals surface area contributed by atoms with Crippen LogP contribution in [0.25, 0.3) is 0 Å². The van der Waals surface area contributed by atoms with Crippen LogP contribution in [0.15, 0.2) is 30.3 Å². The fraction of sp³-hybridized carbons (Fsp3) is 0.571. The molecule has 1 aliphatic heterocycles. The molecule has 146 valence electrons. The summed E-state index contributed by atoms with van der Waals surface area (Å²) >= 11 is 0. The van der Waals surface area contributed by atoms with Gasteiger partial charge in [-0.2, -0.15) is 0 Å². The molecule has 1 saturated heterocycles. The summed E-state index contributed by atoms with van der Waals surface area (Å²) in [5.41, 5.74) is 0.208. The quantitative estimate of drug-likeness (QED) is 0.754. The van der Waals surface area contributed by atoms with E-state index in [9.17, 15) is 14.4 Å². The predicted octanol–water partition coefficient (Wildman–Crippen LogP) is 3.14. The number of benzene rings is 1. The molecule has 6 nitrogen and oxygen atoms in total. The second-order valence-corrected chi connectivity index (χ2v) is 7.76. The number of nitrogens with zero attached hydrogens (tertiary/aromatic N) is 1. The molecule has 4 amide bonds. The maximum Gasteiger partial charge on any atom is 0.325 e. The van der Waals surface area contributed by atoms with Gasteiger partial charge >= 0.3 is 6.03 Å². The van der Waals surface area contributed by atoms with E-state index in [0.717, 1.165) is 42.6 Å². The maximum atomic E-state index is 13.0. The molecule has 2 N–H and O–H groups in total. The minimum absolute atomic E-state index is 0.0907. The fourth-order valence-corrected chi connectivity index (χ4v) is 4.32. The van der Waals surface area contributed by atoms with Crippen molar-refractivity contribution >= 4 is 17.8 Å². The highest BCUT2D eigenvalue weighted by Crippen LogP contribution is 2.38. The third-order valence-corrected chi connectivity index (χ3v) is 5.92. The van der Waals surface area contributed by atoms with Gasteiger partial charge in [0.15, 0.2) is 0 Å². The van der Waals surface area contributed by atoms with Gasteiger partial charge in [0.05, 0.1) is 6.04 Å². The van der Waals surface area contributed by atoms with Crippen molar-refractivity contribution in [2.45, 2.75) is 64.0 Å². The van der Waals surface area contributed by atoms with E-state index in [4.69, 9.17) is 0 Å². The summed E-state index contributed by atoms with van der Waals surface area (Å²) in [5, 5.41) is 5.88. The molecule has 1 saturated carbocycles. The van der Waals surface area contributed by atoms with E-state index in [0.29, 0.717) is 6.42 Å². The van der Waals surface area contributed by atoms with E-state index in [1.165, 1.54) is 0 Å². The second-order valence-electron chi connectivity index (χ2n) is 7.76. The van der Waals surface area contributed by atoms with Crippen LogP contribution < -0.4 is 10.6 Å². The molecular formula is C21H29N3O3. The maximum absolute atomic E-state index is 13.0. The summed E-state index contributed by atoms with van der Waals surface area (Å²) in [6, 6.07) is 9.21. The summed E-state index contributed by atoms with van der Waals surface area (Å²) < 4.78 is 0. The smallest absolute Gasteiger partial charge is 0.325 e. The van der Waals surface area contributed by atoms with Crippen molar-refractivity contribution in [1.82, 2.24) is 15.5 Å². The van der Waals surface area contributed by atoms with Crippen LogP contribution in [0.3, 0.4) is 0 Å². The number of nitrogens with one attached hydrogen (secondary N) is 2. The first-order valence-corrected chi connectivity index (χ1v) is 9.96. The van der Waals surface area contributed by atoms with E-state index in [1.807, 2.05) is 37.3 Å². The van der Waals surface area contributed by atoms with E-state index in [2.05, 4.69) is 17.6 Å². The average Bonchev–Trinajstić information content (AvgIpc) is 2.89. The number of rotatable bonds is 6. The normalized spacial score (nSPS) is 26.1. The molecule has 27 heavy (non-hydrogen) atoms. The van der Waals surface area contributed by atoms with Gasteiger partial charge in [0.25, 0.3) is 5.91 Å². The number of hydrogen-bond acceptors (Lipinski definition) is 3. The van der Waals surface area contributed by atoms with Gasteiger partial charge < -0.3 is 10.6 Å². The zero-order valence-corrected chi connectivity index (χ0v) is 16.2. The lowest BCUT2D eigenvalue weighted by Crippen LogP contribution is -2.54. The third kappa shape index (κ3) is 3.84. The van der Waals surface area contributed by atoms with Gasteiger partial charge in [-0.15, -0.1) is 0 Å². The minimum atomic E-state index is -0.822. The Morgan fingerprint density at radius 3 is 2.70 bits per heavy atom. The van der Waals surface area contributed by atoms with Gasteiger partial charge in [0.1, 0.15) is 12.1 Å². The second kappa shape index (κ2) is 8.11. The molecule has 0 unspecified atom stereocenters. The summed E-state index contributed by atoms with van der Waals surface area (Å²) in [6.45, 7) is 3.84. The van der Waals surface area contributed by atoms with Gasteiger partial charge in [-0.25, -0.2) is 4.79 Å². The lowest BCUT2D eigenvalue weighted by molar-refractivity contribution is -0.137. The van der Waals surface area contributed by atoms with E-state index < -0.39 is 11.6 Å². The molecule has 0 aromatic heterocycles. The Hall–Kier alpha value is -2.37. The van der Waals surface area contributed by atoms with Crippen LogP contribution >= 0.6 is 0 Å². The average molecular weight is 371 g/mol. The van der Waals surface area contributed by atoms with E-state index >= 15 is 0 Å². The number of amides is 4. The first-order chi connectivity index (χ1) is 13.0. The number of urea groups is 1. The summed E-state index contributed by atoms with van der Waals surface area (Å²) in [7, 11) is 0. The Bertz CT molecular complexity index is 706. The molecule has 1 heterocycles. The predicted molar refractivity (Wildman–Crippen MR) is 103 cm³/mol. The van der Waals surface area contributed by atoms with Gasteiger partial charge in [0.2, 0.25) is 5.91 Å². The van der Waals surface area contributed by atoms with Gasteiger partial charge in [-0.1, -0.05) is 63.4 Å². The van der Waals surface area contributed by atoms with Gasteiger partial charge in [0, 0.05) is 0 Å². The summed E-state index contributed by atoms with van der Waals surface area (Å²) in [5.74, 6) is -0.462. The molecule has 3 atom stereocenters. The van der Waals surface area contributed by atoms with Crippen LogP contribution in [-0.4, -0.2) is 34.8 Å². The molecule has 2 aliphatic rings. The minimum Gasteiger partial charge on any atom is -0.348 e. The molecule has 1 aromatic rings. The van der Waals surface area contributed by atoms with Crippen molar-refractivity contribution in [1.29, 1.82) is 0 Å². The van der Waals surface area contributed by atoms with Crippen LogP contribution in [0.4, 0.5) is 4.79 Å². The summed E-state index contributed by atoms with van der Waals surface area (Å²) in [4.78, 5) is 39.1. The molecule has 1 spiro atoms. The number of imide groups is 1. The number of carbonyl (C=O) groups excluding carboxylic acids is 3. The van der Waals surface area contributed by atoms with Gasteiger partial charge in [-0.05, 0) is 30.7 Å². The van der Waals surface area contributed by atoms with Crippen LogP contribution in [0.1, 0.15) is 64.0 Å². The Morgan fingerprint density at radius 1 is 1.30 bits per heavy atom. The monoisotopic (exact) mass is 371 g/mol. The largest absolute Gasteiger partial charge is 0.348 e. The molecule has 6 heteroatoms.